The Hall–Kier alpha value is -1.03. The fourth-order valence-corrected chi connectivity index (χ4v) is 2.35. The van der Waals surface area contributed by atoms with Gasteiger partial charge < -0.3 is 0 Å². The number of thiophene rings is 1. The molecule has 0 saturated heterocycles. The van der Waals surface area contributed by atoms with Crippen molar-refractivity contribution in [2.75, 3.05) is 0 Å². The van der Waals surface area contributed by atoms with E-state index in [9.17, 15) is 13.2 Å². The van der Waals surface area contributed by atoms with E-state index in [1.807, 2.05) is 12.1 Å². The summed E-state index contributed by atoms with van der Waals surface area (Å²) in [6, 6.07) is 7.15. The normalized spacial score (nSPS) is 12.2. The molecule has 1 aromatic carbocycles. The van der Waals surface area contributed by atoms with Gasteiger partial charge >= 0.3 is 6.18 Å². The summed E-state index contributed by atoms with van der Waals surface area (Å²) in [4.78, 5) is 0. The molecular formula is C10H7F3S. The summed E-state index contributed by atoms with van der Waals surface area (Å²) in [6.07, 6.45) is -4.96. The molecular weight excluding hydrogens is 209 g/mol. The number of benzene rings is 1. The largest absolute Gasteiger partial charge is 0.393 e. The van der Waals surface area contributed by atoms with Crippen molar-refractivity contribution < 1.29 is 13.2 Å². The molecule has 0 N–H and O–H groups in total. The maximum absolute atomic E-state index is 12.2. The Kier molecular flexibility index (Phi) is 2.23. The van der Waals surface area contributed by atoms with Gasteiger partial charge in [-0.1, -0.05) is 18.2 Å². The van der Waals surface area contributed by atoms with Crippen LogP contribution in [0.3, 0.4) is 0 Å². The van der Waals surface area contributed by atoms with Crippen molar-refractivity contribution >= 4 is 21.4 Å². The van der Waals surface area contributed by atoms with Gasteiger partial charge in [0.15, 0.2) is 0 Å². The second-order valence-corrected chi connectivity index (χ2v) is 3.96. The van der Waals surface area contributed by atoms with Crippen molar-refractivity contribution in [1.82, 2.24) is 0 Å². The van der Waals surface area contributed by atoms with E-state index in [2.05, 4.69) is 0 Å². The van der Waals surface area contributed by atoms with Crippen LogP contribution in [0.1, 0.15) is 5.56 Å². The predicted molar refractivity (Wildman–Crippen MR) is 51.6 cm³/mol. The van der Waals surface area contributed by atoms with Gasteiger partial charge in [-0.2, -0.15) is 13.2 Å². The minimum atomic E-state index is -4.12. The van der Waals surface area contributed by atoms with Crippen LogP contribution in [-0.4, -0.2) is 6.18 Å². The fraction of sp³-hybridized carbons (Fsp3) is 0.200. The van der Waals surface area contributed by atoms with E-state index in [0.717, 1.165) is 10.1 Å². The van der Waals surface area contributed by atoms with Crippen molar-refractivity contribution in [3.05, 3.63) is 35.2 Å². The minimum Gasteiger partial charge on any atom is -0.171 e. The molecule has 74 valence electrons. The van der Waals surface area contributed by atoms with Crippen LogP contribution in [0.25, 0.3) is 10.1 Å². The highest BCUT2D eigenvalue weighted by Crippen LogP contribution is 2.30. The summed E-state index contributed by atoms with van der Waals surface area (Å²) in [5, 5.41) is 2.30. The lowest BCUT2D eigenvalue weighted by Crippen LogP contribution is -2.10. The standard InChI is InChI=1S/C10H7F3S/c11-10(12,13)5-7-6-14-9-4-2-1-3-8(7)9/h1-4,6H,5H2. The molecule has 14 heavy (non-hydrogen) atoms. The molecule has 0 spiro atoms. The first-order chi connectivity index (χ1) is 6.56. The summed E-state index contributed by atoms with van der Waals surface area (Å²) in [5.74, 6) is 0. The van der Waals surface area contributed by atoms with Gasteiger partial charge in [-0.25, -0.2) is 0 Å². The molecule has 2 rings (SSSR count). The maximum atomic E-state index is 12.2. The Labute approximate surface area is 83.0 Å². The molecule has 1 aromatic heterocycles. The molecule has 0 amide bonds. The van der Waals surface area contributed by atoms with Crippen LogP contribution in [-0.2, 0) is 6.42 Å². The summed E-state index contributed by atoms with van der Waals surface area (Å²) in [6.45, 7) is 0. The molecule has 2 aromatic rings. The smallest absolute Gasteiger partial charge is 0.171 e. The molecule has 0 fully saturated rings. The minimum absolute atomic E-state index is 0.373. The van der Waals surface area contributed by atoms with Crippen molar-refractivity contribution in [2.24, 2.45) is 0 Å². The lowest BCUT2D eigenvalue weighted by molar-refractivity contribution is -0.126. The number of halogens is 3. The van der Waals surface area contributed by atoms with Crippen LogP contribution < -0.4 is 0 Å². The third kappa shape index (κ3) is 1.90. The van der Waals surface area contributed by atoms with Crippen LogP contribution in [0, 0.1) is 0 Å². The van der Waals surface area contributed by atoms with Gasteiger partial charge in [0.2, 0.25) is 0 Å². The SMILES string of the molecule is FC(F)(F)Cc1csc2ccccc12. The maximum Gasteiger partial charge on any atom is 0.393 e. The molecule has 0 atom stereocenters. The fourth-order valence-electron chi connectivity index (χ4n) is 1.39. The number of hydrogen-bond donors (Lipinski definition) is 0. The zero-order valence-corrected chi connectivity index (χ0v) is 7.95. The lowest BCUT2D eigenvalue weighted by atomic mass is 10.1. The van der Waals surface area contributed by atoms with E-state index in [1.54, 1.807) is 17.5 Å². The molecule has 0 aliphatic rings. The topological polar surface area (TPSA) is 0 Å². The van der Waals surface area contributed by atoms with Gasteiger partial charge in [-0.05, 0) is 22.4 Å². The Bertz CT molecular complexity index is 442. The monoisotopic (exact) mass is 216 g/mol. The number of alkyl halides is 3. The van der Waals surface area contributed by atoms with Gasteiger partial charge in [0.25, 0.3) is 0 Å². The van der Waals surface area contributed by atoms with Gasteiger partial charge in [-0.3, -0.25) is 0 Å². The highest BCUT2D eigenvalue weighted by molar-refractivity contribution is 7.17. The van der Waals surface area contributed by atoms with Crippen LogP contribution in [0.4, 0.5) is 13.2 Å². The Morgan fingerprint density at radius 1 is 1.14 bits per heavy atom. The van der Waals surface area contributed by atoms with Crippen molar-refractivity contribution in [1.29, 1.82) is 0 Å². The summed E-state index contributed by atoms with van der Waals surface area (Å²) in [5.41, 5.74) is 0.373. The van der Waals surface area contributed by atoms with E-state index in [1.165, 1.54) is 11.3 Å². The lowest BCUT2D eigenvalue weighted by Gasteiger charge is -2.04. The molecule has 0 bridgehead atoms. The second kappa shape index (κ2) is 3.28. The molecule has 0 nitrogen and oxygen atoms in total. The average molecular weight is 216 g/mol. The van der Waals surface area contributed by atoms with Crippen LogP contribution in [0.2, 0.25) is 0 Å². The van der Waals surface area contributed by atoms with Crippen molar-refractivity contribution in [2.45, 2.75) is 12.6 Å². The van der Waals surface area contributed by atoms with E-state index in [4.69, 9.17) is 0 Å². The van der Waals surface area contributed by atoms with Crippen molar-refractivity contribution in [3.8, 4) is 0 Å². The molecule has 0 radical (unpaired) electrons. The average Bonchev–Trinajstić information content (AvgIpc) is 2.47. The summed E-state index contributed by atoms with van der Waals surface area (Å²) in [7, 11) is 0. The molecule has 1 heterocycles. The quantitative estimate of drug-likeness (QED) is 0.675. The number of hydrogen-bond acceptors (Lipinski definition) is 1. The van der Waals surface area contributed by atoms with Crippen molar-refractivity contribution in [3.63, 3.8) is 0 Å². The Morgan fingerprint density at radius 2 is 1.86 bits per heavy atom. The Morgan fingerprint density at radius 3 is 2.57 bits per heavy atom. The molecule has 0 saturated carbocycles. The summed E-state index contributed by atoms with van der Waals surface area (Å²) >= 11 is 1.35. The highest BCUT2D eigenvalue weighted by Gasteiger charge is 2.28. The van der Waals surface area contributed by atoms with Gasteiger partial charge in [0.1, 0.15) is 0 Å². The van der Waals surface area contributed by atoms with Gasteiger partial charge in [-0.15, -0.1) is 11.3 Å². The van der Waals surface area contributed by atoms with E-state index < -0.39 is 12.6 Å². The predicted octanol–water partition coefficient (Wildman–Crippen LogP) is 4.01. The Balaban J connectivity index is 2.44. The molecule has 0 aliphatic heterocycles. The first-order valence-corrected chi connectivity index (χ1v) is 4.96. The van der Waals surface area contributed by atoms with Crippen LogP contribution in [0.5, 0.6) is 0 Å². The second-order valence-electron chi connectivity index (χ2n) is 3.05. The zero-order valence-electron chi connectivity index (χ0n) is 7.14. The first-order valence-electron chi connectivity index (χ1n) is 4.08. The summed E-state index contributed by atoms with van der Waals surface area (Å²) < 4.78 is 37.4. The third-order valence-corrected chi connectivity index (χ3v) is 2.96. The molecule has 4 heteroatoms. The van der Waals surface area contributed by atoms with Gasteiger partial charge in [0.05, 0.1) is 6.42 Å². The first kappa shape index (κ1) is 9.52. The molecule has 0 unspecified atom stereocenters. The van der Waals surface area contributed by atoms with Gasteiger partial charge in [0, 0.05) is 4.70 Å². The number of rotatable bonds is 1. The van der Waals surface area contributed by atoms with Crippen LogP contribution >= 0.6 is 11.3 Å². The van der Waals surface area contributed by atoms with E-state index in [-0.39, 0.29) is 0 Å². The van der Waals surface area contributed by atoms with Crippen LogP contribution in [0.15, 0.2) is 29.6 Å². The van der Waals surface area contributed by atoms with E-state index in [0.29, 0.717) is 5.56 Å². The number of fused-ring (bicyclic) bond motifs is 1. The zero-order chi connectivity index (χ0) is 10.2. The third-order valence-electron chi connectivity index (χ3n) is 1.95. The highest BCUT2D eigenvalue weighted by atomic mass is 32.1. The van der Waals surface area contributed by atoms with E-state index >= 15 is 0 Å². The molecule has 0 aliphatic carbocycles.